The molecule has 0 radical (unpaired) electrons. The normalized spacial score (nSPS) is 12.4. The molecule has 2 N–H and O–H groups in total. The fourth-order valence-corrected chi connectivity index (χ4v) is 1.10. The van der Waals surface area contributed by atoms with Crippen molar-refractivity contribution in [2.24, 2.45) is 0 Å². The molecule has 64 valence electrons. The van der Waals surface area contributed by atoms with E-state index < -0.39 is 0 Å². The van der Waals surface area contributed by atoms with Crippen LogP contribution >= 0.6 is 0 Å². The third-order valence-electron chi connectivity index (χ3n) is 1.96. The van der Waals surface area contributed by atoms with Gasteiger partial charge in [-0.1, -0.05) is 19.1 Å². The predicted molar refractivity (Wildman–Crippen MR) is 50.0 cm³/mol. The monoisotopic (exact) mass is 163 g/mol. The zero-order chi connectivity index (χ0) is 8.97. The maximum Gasteiger partial charge on any atom is 0.120 e. The van der Waals surface area contributed by atoms with E-state index in [2.05, 4.69) is 0 Å². The number of carbonyl (C=O) groups is 1. The van der Waals surface area contributed by atoms with E-state index in [-0.39, 0.29) is 0 Å². The highest BCUT2D eigenvalue weighted by atomic mass is 16.1. The summed E-state index contributed by atoms with van der Waals surface area (Å²) < 4.78 is 0. The minimum absolute atomic E-state index is 0.295. The van der Waals surface area contributed by atoms with Gasteiger partial charge in [0.25, 0.3) is 0 Å². The fraction of sp³-hybridized carbons (Fsp3) is 0.300. The SMILES string of the molecule is CC(CC=O)c1ccc(N)cc1. The molecule has 0 aliphatic carbocycles. The third-order valence-corrected chi connectivity index (χ3v) is 1.96. The van der Waals surface area contributed by atoms with Gasteiger partial charge in [-0.25, -0.2) is 0 Å². The molecular formula is C10H13NO. The Morgan fingerprint density at radius 1 is 1.42 bits per heavy atom. The van der Waals surface area contributed by atoms with Crippen LogP contribution in [0, 0.1) is 0 Å². The molecule has 12 heavy (non-hydrogen) atoms. The summed E-state index contributed by atoms with van der Waals surface area (Å²) in [5.41, 5.74) is 7.46. The second kappa shape index (κ2) is 3.90. The maximum atomic E-state index is 10.2. The van der Waals surface area contributed by atoms with Crippen molar-refractivity contribution in [2.45, 2.75) is 19.3 Å². The van der Waals surface area contributed by atoms with Crippen molar-refractivity contribution in [3.63, 3.8) is 0 Å². The van der Waals surface area contributed by atoms with Gasteiger partial charge in [-0.15, -0.1) is 0 Å². The number of nitrogen functional groups attached to an aromatic ring is 1. The lowest BCUT2D eigenvalue weighted by molar-refractivity contribution is -0.108. The number of hydrogen-bond donors (Lipinski definition) is 1. The van der Waals surface area contributed by atoms with Gasteiger partial charge in [0.05, 0.1) is 0 Å². The van der Waals surface area contributed by atoms with Crippen LogP contribution < -0.4 is 5.73 Å². The van der Waals surface area contributed by atoms with Gasteiger partial charge in [0.2, 0.25) is 0 Å². The second-order valence-electron chi connectivity index (χ2n) is 2.97. The smallest absolute Gasteiger partial charge is 0.120 e. The van der Waals surface area contributed by atoms with E-state index in [1.54, 1.807) is 0 Å². The average molecular weight is 163 g/mol. The highest BCUT2D eigenvalue weighted by Crippen LogP contribution is 2.18. The summed E-state index contributed by atoms with van der Waals surface area (Å²) in [7, 11) is 0. The first kappa shape index (κ1) is 8.78. The van der Waals surface area contributed by atoms with Gasteiger partial charge in [-0.2, -0.15) is 0 Å². The topological polar surface area (TPSA) is 43.1 Å². The van der Waals surface area contributed by atoms with Crippen molar-refractivity contribution < 1.29 is 4.79 Å². The Kier molecular flexibility index (Phi) is 2.86. The molecule has 1 aromatic rings. The first-order chi connectivity index (χ1) is 5.74. The predicted octanol–water partition coefficient (Wildman–Crippen LogP) is 1.96. The van der Waals surface area contributed by atoms with Crippen LogP contribution in [0.15, 0.2) is 24.3 Å². The quantitative estimate of drug-likeness (QED) is 0.546. The summed E-state index contributed by atoms with van der Waals surface area (Å²) >= 11 is 0. The van der Waals surface area contributed by atoms with Gasteiger partial charge in [0.1, 0.15) is 6.29 Å². The number of rotatable bonds is 3. The van der Waals surface area contributed by atoms with E-state index in [0.29, 0.717) is 12.3 Å². The van der Waals surface area contributed by atoms with Gasteiger partial charge >= 0.3 is 0 Å². The van der Waals surface area contributed by atoms with Crippen LogP contribution in [0.4, 0.5) is 5.69 Å². The summed E-state index contributed by atoms with van der Waals surface area (Å²) in [5.74, 6) is 0.295. The van der Waals surface area contributed by atoms with Crippen LogP contribution in [-0.4, -0.2) is 6.29 Å². The van der Waals surface area contributed by atoms with Crippen LogP contribution in [-0.2, 0) is 4.79 Å². The summed E-state index contributed by atoms with van der Waals surface area (Å²) in [6.07, 6.45) is 1.52. The van der Waals surface area contributed by atoms with Crippen molar-refractivity contribution in [1.82, 2.24) is 0 Å². The molecule has 1 unspecified atom stereocenters. The van der Waals surface area contributed by atoms with Gasteiger partial charge in [0, 0.05) is 12.1 Å². The Morgan fingerprint density at radius 2 is 2.00 bits per heavy atom. The van der Waals surface area contributed by atoms with Crippen LogP contribution in [0.5, 0.6) is 0 Å². The Labute approximate surface area is 72.4 Å². The number of benzene rings is 1. The average Bonchev–Trinajstić information content (AvgIpc) is 2.06. The van der Waals surface area contributed by atoms with Crippen molar-refractivity contribution in [3.05, 3.63) is 29.8 Å². The molecule has 2 nitrogen and oxygen atoms in total. The lowest BCUT2D eigenvalue weighted by atomic mass is 9.98. The molecule has 2 heteroatoms. The molecule has 0 bridgehead atoms. The zero-order valence-corrected chi connectivity index (χ0v) is 7.16. The minimum Gasteiger partial charge on any atom is -0.399 e. The van der Waals surface area contributed by atoms with Gasteiger partial charge in [-0.3, -0.25) is 0 Å². The Morgan fingerprint density at radius 3 is 2.50 bits per heavy atom. The molecule has 0 fully saturated rings. The van der Waals surface area contributed by atoms with Crippen molar-refractivity contribution in [2.75, 3.05) is 5.73 Å². The number of nitrogens with two attached hydrogens (primary N) is 1. The van der Waals surface area contributed by atoms with Crippen molar-refractivity contribution >= 4 is 12.0 Å². The molecular weight excluding hydrogens is 150 g/mol. The van der Waals surface area contributed by atoms with E-state index >= 15 is 0 Å². The van der Waals surface area contributed by atoms with Gasteiger partial charge < -0.3 is 10.5 Å². The molecule has 1 atom stereocenters. The molecule has 0 saturated carbocycles. The minimum atomic E-state index is 0.295. The Hall–Kier alpha value is -1.31. The largest absolute Gasteiger partial charge is 0.399 e. The van der Waals surface area contributed by atoms with Crippen LogP contribution in [0.1, 0.15) is 24.8 Å². The highest BCUT2D eigenvalue weighted by Gasteiger charge is 2.02. The first-order valence-electron chi connectivity index (χ1n) is 4.03. The molecule has 0 aliphatic heterocycles. The Bertz CT molecular complexity index is 253. The van der Waals surface area contributed by atoms with Crippen LogP contribution in [0.25, 0.3) is 0 Å². The summed E-state index contributed by atoms with van der Waals surface area (Å²) in [6.45, 7) is 2.03. The first-order valence-corrected chi connectivity index (χ1v) is 4.03. The maximum absolute atomic E-state index is 10.2. The lowest BCUT2D eigenvalue weighted by Crippen LogP contribution is -1.94. The third kappa shape index (κ3) is 2.09. The van der Waals surface area contributed by atoms with E-state index in [1.165, 1.54) is 0 Å². The van der Waals surface area contributed by atoms with Crippen molar-refractivity contribution in [3.8, 4) is 0 Å². The van der Waals surface area contributed by atoms with E-state index in [1.807, 2.05) is 31.2 Å². The molecule has 0 saturated heterocycles. The highest BCUT2D eigenvalue weighted by molar-refractivity contribution is 5.52. The number of anilines is 1. The van der Waals surface area contributed by atoms with Gasteiger partial charge in [-0.05, 0) is 23.6 Å². The summed E-state index contributed by atoms with van der Waals surface area (Å²) in [6, 6.07) is 7.64. The van der Waals surface area contributed by atoms with Crippen LogP contribution in [0.3, 0.4) is 0 Å². The standard InChI is InChI=1S/C10H13NO/c1-8(6-7-12)9-2-4-10(11)5-3-9/h2-5,7-8H,6,11H2,1H3. The molecule has 1 rings (SSSR count). The van der Waals surface area contributed by atoms with E-state index in [9.17, 15) is 4.79 Å². The number of carbonyl (C=O) groups excluding carboxylic acids is 1. The fourth-order valence-electron chi connectivity index (χ4n) is 1.10. The lowest BCUT2D eigenvalue weighted by Gasteiger charge is -2.07. The summed E-state index contributed by atoms with van der Waals surface area (Å²) in [4.78, 5) is 10.2. The van der Waals surface area contributed by atoms with Crippen LogP contribution in [0.2, 0.25) is 0 Å². The number of aldehydes is 1. The summed E-state index contributed by atoms with van der Waals surface area (Å²) in [5, 5.41) is 0. The molecule has 0 spiro atoms. The van der Waals surface area contributed by atoms with E-state index in [0.717, 1.165) is 17.5 Å². The van der Waals surface area contributed by atoms with E-state index in [4.69, 9.17) is 5.73 Å². The van der Waals surface area contributed by atoms with Gasteiger partial charge in [0.15, 0.2) is 0 Å². The Balaban J connectivity index is 2.74. The molecule has 0 aliphatic rings. The zero-order valence-electron chi connectivity index (χ0n) is 7.16. The molecule has 0 aromatic heterocycles. The second-order valence-corrected chi connectivity index (χ2v) is 2.97. The molecule has 1 aromatic carbocycles. The molecule has 0 amide bonds. The van der Waals surface area contributed by atoms with Crippen molar-refractivity contribution in [1.29, 1.82) is 0 Å². The molecule has 0 heterocycles. The number of hydrogen-bond acceptors (Lipinski definition) is 2.